The van der Waals surface area contributed by atoms with Gasteiger partial charge in [0.2, 0.25) is 0 Å². The van der Waals surface area contributed by atoms with Gasteiger partial charge in [-0.3, -0.25) is 0 Å². The molecule has 53 heavy (non-hydrogen) atoms. The third kappa shape index (κ3) is 4.58. The molecule has 0 saturated carbocycles. The molecule has 0 spiro atoms. The number of nitrogens with zero attached hydrogens (tertiary/aromatic N) is 2. The standard InChI is InChI=1S/C51H42N2/c1-51(2)45-17-9-6-14-39(45)40-27-26-38(32-46(40)51)53-48-19-11-8-16-42(48)44-31-36(23-29-50(44)53)35-22-28-49-43(30-35)41-15-7-10-18-47(41)52(49)37-24-20-34(21-25-37)33-12-4-3-5-13-33/h3-20,22-23,26,28-32,37,40H,21,24-25,27H2,1-2H3. The lowest BCUT2D eigenvalue weighted by Gasteiger charge is -2.27. The number of aromatic nitrogens is 2. The minimum atomic E-state index is 0.0211. The van der Waals surface area contributed by atoms with Gasteiger partial charge in [-0.05, 0) is 102 Å². The fraction of sp³-hybridized carbons (Fsp3) is 0.176. The molecule has 11 rings (SSSR count). The molecule has 8 aromatic rings. The number of rotatable bonds is 4. The average molecular weight is 683 g/mol. The zero-order valence-corrected chi connectivity index (χ0v) is 30.4. The zero-order chi connectivity index (χ0) is 35.3. The number of fused-ring (bicyclic) bond motifs is 9. The van der Waals surface area contributed by atoms with Crippen molar-refractivity contribution in [2.75, 3.05) is 0 Å². The van der Waals surface area contributed by atoms with Gasteiger partial charge in [-0.2, -0.15) is 0 Å². The molecule has 0 bridgehead atoms. The van der Waals surface area contributed by atoms with E-state index in [1.807, 2.05) is 0 Å². The maximum Gasteiger partial charge on any atom is 0.0541 e. The summed E-state index contributed by atoms with van der Waals surface area (Å²) >= 11 is 0. The van der Waals surface area contributed by atoms with Gasteiger partial charge in [0, 0.05) is 55.7 Å². The van der Waals surface area contributed by atoms with Crippen LogP contribution in [0.5, 0.6) is 0 Å². The first-order chi connectivity index (χ1) is 26.0. The topological polar surface area (TPSA) is 9.86 Å². The molecule has 2 atom stereocenters. The van der Waals surface area contributed by atoms with Gasteiger partial charge in [0.05, 0.1) is 11.0 Å². The Morgan fingerprint density at radius 3 is 1.94 bits per heavy atom. The molecular weight excluding hydrogens is 641 g/mol. The van der Waals surface area contributed by atoms with Crippen LogP contribution in [0.2, 0.25) is 0 Å². The summed E-state index contributed by atoms with van der Waals surface area (Å²) in [5.74, 6) is 0.465. The smallest absolute Gasteiger partial charge is 0.0541 e. The lowest BCUT2D eigenvalue weighted by atomic mass is 9.78. The highest BCUT2D eigenvalue weighted by atomic mass is 15.0. The predicted octanol–water partition coefficient (Wildman–Crippen LogP) is 13.6. The van der Waals surface area contributed by atoms with Crippen molar-refractivity contribution in [3.63, 3.8) is 0 Å². The summed E-state index contributed by atoms with van der Waals surface area (Å²) in [4.78, 5) is 0. The summed E-state index contributed by atoms with van der Waals surface area (Å²) < 4.78 is 5.14. The predicted molar refractivity (Wildman–Crippen MR) is 224 cm³/mol. The van der Waals surface area contributed by atoms with E-state index in [9.17, 15) is 0 Å². The Kier molecular flexibility index (Phi) is 6.71. The summed E-state index contributed by atoms with van der Waals surface area (Å²) in [6, 6.07) is 52.7. The molecule has 2 unspecified atom stereocenters. The molecule has 2 heteroatoms. The minimum absolute atomic E-state index is 0.0211. The van der Waals surface area contributed by atoms with E-state index in [-0.39, 0.29) is 5.41 Å². The molecule has 3 aliphatic carbocycles. The highest BCUT2D eigenvalue weighted by Gasteiger charge is 2.42. The molecule has 2 heterocycles. The van der Waals surface area contributed by atoms with Gasteiger partial charge in [-0.1, -0.05) is 135 Å². The van der Waals surface area contributed by atoms with Crippen LogP contribution in [0.3, 0.4) is 0 Å². The van der Waals surface area contributed by atoms with Crippen LogP contribution in [-0.4, -0.2) is 9.13 Å². The SMILES string of the molecule is CC1(C)C2=CC(n3c4ccccc4c4cc(-c5ccc6c(c5)c5ccccc5n6C5CC=C(c6ccccc6)CC5)ccc43)=CCC2c2ccccc21. The van der Waals surface area contributed by atoms with Crippen LogP contribution in [-0.2, 0) is 5.41 Å². The van der Waals surface area contributed by atoms with E-state index in [4.69, 9.17) is 0 Å². The Labute approximate surface area is 311 Å². The van der Waals surface area contributed by atoms with Crippen LogP contribution in [0.15, 0.2) is 163 Å². The molecule has 2 nitrogen and oxygen atoms in total. The number of allylic oxidation sites excluding steroid dienone is 6. The molecule has 0 amide bonds. The van der Waals surface area contributed by atoms with Gasteiger partial charge in [-0.15, -0.1) is 0 Å². The first-order valence-electron chi connectivity index (χ1n) is 19.4. The molecule has 2 aromatic heterocycles. The fourth-order valence-corrected chi connectivity index (χ4v) is 10.3. The minimum Gasteiger partial charge on any atom is -0.337 e. The van der Waals surface area contributed by atoms with Gasteiger partial charge < -0.3 is 9.13 Å². The van der Waals surface area contributed by atoms with Crippen LogP contribution in [0.1, 0.15) is 68.2 Å². The molecular formula is C51H42N2. The first-order valence-corrected chi connectivity index (χ1v) is 19.4. The molecule has 0 radical (unpaired) electrons. The van der Waals surface area contributed by atoms with Crippen molar-refractivity contribution in [2.45, 2.75) is 56.9 Å². The number of hydrogen-bond acceptors (Lipinski definition) is 0. The lowest BCUT2D eigenvalue weighted by Crippen LogP contribution is -2.18. The molecule has 6 aromatic carbocycles. The zero-order valence-electron chi connectivity index (χ0n) is 30.4. The molecule has 0 aliphatic heterocycles. The van der Waals surface area contributed by atoms with Crippen molar-refractivity contribution in [2.24, 2.45) is 0 Å². The second kappa shape index (κ2) is 11.6. The third-order valence-corrected chi connectivity index (χ3v) is 12.8. The van der Waals surface area contributed by atoms with Crippen LogP contribution in [0, 0.1) is 0 Å². The maximum atomic E-state index is 2.63. The second-order valence-electron chi connectivity index (χ2n) is 16.0. The Balaban J connectivity index is 1.000. The van der Waals surface area contributed by atoms with Gasteiger partial charge in [0.1, 0.15) is 0 Å². The van der Waals surface area contributed by atoms with Crippen molar-refractivity contribution in [1.29, 1.82) is 0 Å². The number of para-hydroxylation sites is 2. The Morgan fingerprint density at radius 2 is 1.17 bits per heavy atom. The van der Waals surface area contributed by atoms with Gasteiger partial charge in [0.15, 0.2) is 0 Å². The van der Waals surface area contributed by atoms with Crippen LogP contribution in [0.25, 0.3) is 66.0 Å². The van der Waals surface area contributed by atoms with Crippen molar-refractivity contribution < 1.29 is 0 Å². The van der Waals surface area contributed by atoms with Crippen molar-refractivity contribution in [3.8, 4) is 11.1 Å². The van der Waals surface area contributed by atoms with E-state index in [0.29, 0.717) is 12.0 Å². The summed E-state index contributed by atoms with van der Waals surface area (Å²) in [5.41, 5.74) is 16.4. The Hall–Kier alpha value is -5.86. The molecule has 0 fully saturated rings. The third-order valence-electron chi connectivity index (χ3n) is 12.8. The monoisotopic (exact) mass is 682 g/mol. The molecule has 256 valence electrons. The first kappa shape index (κ1) is 30.7. The average Bonchev–Trinajstić information content (AvgIpc) is 3.81. The number of benzene rings is 6. The summed E-state index contributed by atoms with van der Waals surface area (Å²) in [6.45, 7) is 4.81. The van der Waals surface area contributed by atoms with E-state index in [1.165, 1.54) is 88.3 Å². The van der Waals surface area contributed by atoms with Crippen molar-refractivity contribution in [3.05, 3.63) is 180 Å². The van der Waals surface area contributed by atoms with Crippen molar-refractivity contribution in [1.82, 2.24) is 9.13 Å². The van der Waals surface area contributed by atoms with Crippen LogP contribution >= 0.6 is 0 Å². The van der Waals surface area contributed by atoms with E-state index < -0.39 is 0 Å². The summed E-state index contributed by atoms with van der Waals surface area (Å²) in [6.07, 6.45) is 11.8. The molecule has 0 N–H and O–H groups in total. The highest BCUT2D eigenvalue weighted by Crippen LogP contribution is 2.54. The largest absolute Gasteiger partial charge is 0.337 e. The van der Waals surface area contributed by atoms with Gasteiger partial charge in [0.25, 0.3) is 0 Å². The summed E-state index contributed by atoms with van der Waals surface area (Å²) in [5, 5.41) is 5.29. The molecule has 3 aliphatic rings. The van der Waals surface area contributed by atoms with Crippen LogP contribution < -0.4 is 0 Å². The lowest BCUT2D eigenvalue weighted by molar-refractivity contribution is 0.491. The quantitative estimate of drug-likeness (QED) is 0.175. The van der Waals surface area contributed by atoms with Crippen LogP contribution in [0.4, 0.5) is 0 Å². The Morgan fingerprint density at radius 1 is 0.547 bits per heavy atom. The highest BCUT2D eigenvalue weighted by molar-refractivity contribution is 6.13. The van der Waals surface area contributed by atoms with E-state index in [0.717, 1.165) is 25.7 Å². The van der Waals surface area contributed by atoms with Crippen molar-refractivity contribution >= 4 is 54.9 Å². The van der Waals surface area contributed by atoms with E-state index in [2.05, 4.69) is 181 Å². The van der Waals surface area contributed by atoms with Gasteiger partial charge >= 0.3 is 0 Å². The Bertz CT molecular complexity index is 2870. The second-order valence-corrected chi connectivity index (χ2v) is 16.0. The normalized spacial score (nSPS) is 19.3. The van der Waals surface area contributed by atoms with E-state index >= 15 is 0 Å². The fourth-order valence-electron chi connectivity index (χ4n) is 10.3. The van der Waals surface area contributed by atoms with E-state index in [1.54, 1.807) is 0 Å². The maximum absolute atomic E-state index is 2.63. The van der Waals surface area contributed by atoms with Gasteiger partial charge in [-0.25, -0.2) is 0 Å². The number of hydrogen-bond donors (Lipinski definition) is 0. The molecule has 0 saturated heterocycles. The summed E-state index contributed by atoms with van der Waals surface area (Å²) in [7, 11) is 0.